The standard InChI is InChI=1S/C9H18O5S2/c1-2-4-14-7-9(10)8-15-5-3-6-16(11,12)13/h2,9-10H,1,3-8H2,(H,11,12,13). The van der Waals surface area contributed by atoms with E-state index in [1.807, 2.05) is 0 Å². The molecular formula is C9H18O5S2. The Kier molecular flexibility index (Phi) is 8.96. The molecule has 0 fully saturated rings. The molecule has 0 saturated carbocycles. The van der Waals surface area contributed by atoms with Crippen LogP contribution in [0.1, 0.15) is 6.42 Å². The van der Waals surface area contributed by atoms with Gasteiger partial charge in [-0.3, -0.25) is 4.55 Å². The highest BCUT2D eigenvalue weighted by Gasteiger charge is 2.06. The first-order valence-corrected chi connectivity index (χ1v) is 7.61. The maximum Gasteiger partial charge on any atom is 0.264 e. The fourth-order valence-electron chi connectivity index (χ4n) is 0.898. The predicted molar refractivity (Wildman–Crippen MR) is 65.4 cm³/mol. The van der Waals surface area contributed by atoms with Crippen molar-refractivity contribution in [2.75, 3.05) is 30.5 Å². The zero-order chi connectivity index (χ0) is 12.4. The first-order chi connectivity index (χ1) is 7.45. The van der Waals surface area contributed by atoms with Crippen LogP contribution in [0.2, 0.25) is 0 Å². The lowest BCUT2D eigenvalue weighted by molar-refractivity contribution is 0.0625. The predicted octanol–water partition coefficient (Wildman–Crippen LogP) is 0.561. The van der Waals surface area contributed by atoms with Gasteiger partial charge in [-0.15, -0.1) is 6.58 Å². The Morgan fingerprint density at radius 3 is 2.75 bits per heavy atom. The molecule has 0 saturated heterocycles. The molecule has 1 atom stereocenters. The lowest BCUT2D eigenvalue weighted by Gasteiger charge is -2.09. The van der Waals surface area contributed by atoms with E-state index in [0.717, 1.165) is 0 Å². The van der Waals surface area contributed by atoms with Crippen LogP contribution in [0.25, 0.3) is 0 Å². The van der Waals surface area contributed by atoms with E-state index < -0.39 is 16.2 Å². The van der Waals surface area contributed by atoms with Gasteiger partial charge in [0.2, 0.25) is 0 Å². The Balaban J connectivity index is 3.34. The van der Waals surface area contributed by atoms with E-state index in [2.05, 4.69) is 6.58 Å². The van der Waals surface area contributed by atoms with Gasteiger partial charge < -0.3 is 9.84 Å². The number of hydrogen-bond acceptors (Lipinski definition) is 5. The molecule has 0 bridgehead atoms. The van der Waals surface area contributed by atoms with E-state index in [4.69, 9.17) is 9.29 Å². The average Bonchev–Trinajstić information content (AvgIpc) is 2.16. The highest BCUT2D eigenvalue weighted by molar-refractivity contribution is 7.99. The van der Waals surface area contributed by atoms with E-state index in [0.29, 0.717) is 24.5 Å². The third-order valence-corrected chi connectivity index (χ3v) is 3.55. The summed E-state index contributed by atoms with van der Waals surface area (Å²) in [6, 6.07) is 0. The Hall–Kier alpha value is -0.0800. The molecule has 1 unspecified atom stereocenters. The highest BCUT2D eigenvalue weighted by Crippen LogP contribution is 2.06. The van der Waals surface area contributed by atoms with E-state index in [9.17, 15) is 13.5 Å². The second kappa shape index (κ2) is 9.00. The molecule has 5 nitrogen and oxygen atoms in total. The smallest absolute Gasteiger partial charge is 0.264 e. The van der Waals surface area contributed by atoms with Gasteiger partial charge in [-0.1, -0.05) is 6.08 Å². The fourth-order valence-corrected chi connectivity index (χ4v) is 2.47. The third-order valence-electron chi connectivity index (χ3n) is 1.55. The summed E-state index contributed by atoms with van der Waals surface area (Å²) in [6.45, 7) is 4.13. The molecule has 0 aromatic rings. The highest BCUT2D eigenvalue weighted by atomic mass is 32.2. The summed E-state index contributed by atoms with van der Waals surface area (Å²) in [5, 5.41) is 9.39. The van der Waals surface area contributed by atoms with Crippen molar-refractivity contribution in [1.29, 1.82) is 0 Å². The van der Waals surface area contributed by atoms with Gasteiger partial charge in [0.05, 0.1) is 25.1 Å². The monoisotopic (exact) mass is 270 g/mol. The molecule has 0 aliphatic carbocycles. The number of aliphatic hydroxyl groups excluding tert-OH is 1. The van der Waals surface area contributed by atoms with Crippen LogP contribution in [0.3, 0.4) is 0 Å². The number of hydrogen-bond donors (Lipinski definition) is 2. The van der Waals surface area contributed by atoms with Gasteiger partial charge in [-0.25, -0.2) is 0 Å². The average molecular weight is 270 g/mol. The van der Waals surface area contributed by atoms with Gasteiger partial charge in [0.15, 0.2) is 0 Å². The molecule has 16 heavy (non-hydrogen) atoms. The lowest BCUT2D eigenvalue weighted by Crippen LogP contribution is -2.18. The summed E-state index contributed by atoms with van der Waals surface area (Å²) in [5.41, 5.74) is 0. The number of aliphatic hydroxyl groups is 1. The van der Waals surface area contributed by atoms with Crippen molar-refractivity contribution in [2.24, 2.45) is 0 Å². The molecule has 0 rings (SSSR count). The lowest BCUT2D eigenvalue weighted by atomic mass is 10.4. The molecule has 0 radical (unpaired) electrons. The van der Waals surface area contributed by atoms with E-state index >= 15 is 0 Å². The number of ether oxygens (including phenoxy) is 1. The van der Waals surface area contributed by atoms with Crippen LogP contribution in [0.15, 0.2) is 12.7 Å². The Morgan fingerprint density at radius 1 is 1.50 bits per heavy atom. The molecular weight excluding hydrogens is 252 g/mol. The maximum atomic E-state index is 10.4. The Bertz CT molecular complexity index is 276. The van der Waals surface area contributed by atoms with Crippen molar-refractivity contribution >= 4 is 21.9 Å². The van der Waals surface area contributed by atoms with Gasteiger partial charge in [-0.05, 0) is 12.2 Å². The minimum absolute atomic E-state index is 0.233. The minimum Gasteiger partial charge on any atom is -0.390 e. The molecule has 0 aliphatic heterocycles. The zero-order valence-corrected chi connectivity index (χ0v) is 10.7. The largest absolute Gasteiger partial charge is 0.390 e. The topological polar surface area (TPSA) is 83.8 Å². The molecule has 0 aromatic heterocycles. The van der Waals surface area contributed by atoms with Crippen LogP contribution < -0.4 is 0 Å². The van der Waals surface area contributed by atoms with Crippen molar-refractivity contribution in [2.45, 2.75) is 12.5 Å². The molecule has 0 heterocycles. The molecule has 0 aromatic carbocycles. The van der Waals surface area contributed by atoms with Crippen LogP contribution in [-0.4, -0.2) is 54.7 Å². The third kappa shape index (κ3) is 12.0. The molecule has 0 aliphatic rings. The van der Waals surface area contributed by atoms with Crippen molar-refractivity contribution in [3.05, 3.63) is 12.7 Å². The Labute approximate surface area is 101 Å². The van der Waals surface area contributed by atoms with Gasteiger partial charge in [0, 0.05) is 5.75 Å². The summed E-state index contributed by atoms with van der Waals surface area (Å²) in [7, 11) is -3.85. The molecule has 96 valence electrons. The van der Waals surface area contributed by atoms with E-state index in [1.165, 1.54) is 11.8 Å². The summed E-state index contributed by atoms with van der Waals surface area (Å²) in [6.07, 6.45) is 1.42. The molecule has 0 amide bonds. The van der Waals surface area contributed by atoms with Gasteiger partial charge in [-0.2, -0.15) is 20.2 Å². The normalized spacial score (nSPS) is 13.6. The van der Waals surface area contributed by atoms with Crippen molar-refractivity contribution < 1.29 is 22.8 Å². The van der Waals surface area contributed by atoms with Gasteiger partial charge in [0.25, 0.3) is 10.1 Å². The SMILES string of the molecule is C=CCOCC(O)CSCCCS(=O)(=O)O. The van der Waals surface area contributed by atoms with Crippen molar-refractivity contribution in [3.8, 4) is 0 Å². The minimum atomic E-state index is -3.85. The first kappa shape index (κ1) is 15.9. The van der Waals surface area contributed by atoms with E-state index in [1.54, 1.807) is 6.08 Å². The fraction of sp³-hybridized carbons (Fsp3) is 0.778. The number of thioether (sulfide) groups is 1. The van der Waals surface area contributed by atoms with Crippen LogP contribution in [0.5, 0.6) is 0 Å². The molecule has 2 N–H and O–H groups in total. The van der Waals surface area contributed by atoms with Crippen molar-refractivity contribution in [1.82, 2.24) is 0 Å². The Morgan fingerprint density at radius 2 is 2.19 bits per heavy atom. The van der Waals surface area contributed by atoms with E-state index in [-0.39, 0.29) is 12.4 Å². The first-order valence-electron chi connectivity index (χ1n) is 4.85. The number of rotatable bonds is 10. The molecule has 7 heteroatoms. The van der Waals surface area contributed by atoms with Crippen LogP contribution in [0, 0.1) is 0 Å². The van der Waals surface area contributed by atoms with Gasteiger partial charge >= 0.3 is 0 Å². The molecule has 0 spiro atoms. The summed E-state index contributed by atoms with van der Waals surface area (Å²) < 4.78 is 34.2. The van der Waals surface area contributed by atoms with Crippen molar-refractivity contribution in [3.63, 3.8) is 0 Å². The van der Waals surface area contributed by atoms with Crippen LogP contribution >= 0.6 is 11.8 Å². The summed E-state index contributed by atoms with van der Waals surface area (Å²) in [5.74, 6) is 0.837. The quantitative estimate of drug-likeness (QED) is 0.343. The van der Waals surface area contributed by atoms with Gasteiger partial charge in [0.1, 0.15) is 0 Å². The second-order valence-corrected chi connectivity index (χ2v) is 5.92. The van der Waals surface area contributed by atoms with Crippen LogP contribution in [-0.2, 0) is 14.9 Å². The summed E-state index contributed by atoms with van der Waals surface area (Å²) in [4.78, 5) is 0. The summed E-state index contributed by atoms with van der Waals surface area (Å²) >= 11 is 1.43. The maximum absolute atomic E-state index is 10.4. The zero-order valence-electron chi connectivity index (χ0n) is 9.04. The van der Waals surface area contributed by atoms with Crippen LogP contribution in [0.4, 0.5) is 0 Å². The second-order valence-electron chi connectivity index (χ2n) is 3.19.